The average Bonchev–Trinajstić information content (AvgIpc) is 2.82. The van der Waals surface area contributed by atoms with E-state index < -0.39 is 18.5 Å². The van der Waals surface area contributed by atoms with E-state index in [0.717, 1.165) is 5.56 Å². The standard InChI is InChI=1S/C24H23NO6/c1-28-19-11-12-22(29-2)21(14-19)25-23(26)16-31-24(27)18-9-6-10-20(13-18)30-15-17-7-4-3-5-8-17/h3-14H,15-16H2,1-2H3,(H,25,26). The van der Waals surface area contributed by atoms with Gasteiger partial charge in [0.15, 0.2) is 6.61 Å². The van der Waals surface area contributed by atoms with E-state index in [-0.39, 0.29) is 5.56 Å². The van der Waals surface area contributed by atoms with Crippen molar-refractivity contribution in [2.24, 2.45) is 0 Å². The number of ether oxygens (including phenoxy) is 4. The van der Waals surface area contributed by atoms with Crippen molar-refractivity contribution in [3.63, 3.8) is 0 Å². The molecule has 0 aliphatic carbocycles. The van der Waals surface area contributed by atoms with Crippen LogP contribution in [0.25, 0.3) is 0 Å². The van der Waals surface area contributed by atoms with Gasteiger partial charge in [-0.3, -0.25) is 4.79 Å². The number of carbonyl (C=O) groups excluding carboxylic acids is 2. The van der Waals surface area contributed by atoms with Crippen LogP contribution in [0.4, 0.5) is 5.69 Å². The van der Waals surface area contributed by atoms with E-state index in [2.05, 4.69) is 5.32 Å². The second-order valence-corrected chi connectivity index (χ2v) is 6.49. The maximum Gasteiger partial charge on any atom is 0.338 e. The Morgan fingerprint density at radius 2 is 1.65 bits per heavy atom. The van der Waals surface area contributed by atoms with Crippen molar-refractivity contribution in [2.75, 3.05) is 26.1 Å². The lowest BCUT2D eigenvalue weighted by molar-refractivity contribution is -0.119. The Balaban J connectivity index is 1.55. The van der Waals surface area contributed by atoms with Crippen LogP contribution in [0.15, 0.2) is 72.8 Å². The maximum atomic E-state index is 12.3. The molecule has 0 fully saturated rings. The predicted octanol–water partition coefficient (Wildman–Crippen LogP) is 4.08. The highest BCUT2D eigenvalue weighted by Crippen LogP contribution is 2.28. The summed E-state index contributed by atoms with van der Waals surface area (Å²) in [5.74, 6) is 0.419. The predicted molar refractivity (Wildman–Crippen MR) is 116 cm³/mol. The van der Waals surface area contributed by atoms with Crippen LogP contribution in [0.3, 0.4) is 0 Å². The number of anilines is 1. The van der Waals surface area contributed by atoms with Crippen molar-refractivity contribution < 1.29 is 28.5 Å². The molecule has 0 radical (unpaired) electrons. The summed E-state index contributed by atoms with van der Waals surface area (Å²) >= 11 is 0. The van der Waals surface area contributed by atoms with Crippen LogP contribution in [0.1, 0.15) is 15.9 Å². The summed E-state index contributed by atoms with van der Waals surface area (Å²) in [5, 5.41) is 2.65. The van der Waals surface area contributed by atoms with Crippen LogP contribution in [0, 0.1) is 0 Å². The highest BCUT2D eigenvalue weighted by Gasteiger charge is 2.13. The molecule has 0 aromatic heterocycles. The third-order valence-corrected chi connectivity index (χ3v) is 4.33. The van der Waals surface area contributed by atoms with Crippen molar-refractivity contribution in [3.05, 3.63) is 83.9 Å². The third kappa shape index (κ3) is 6.24. The number of rotatable bonds is 9. The largest absolute Gasteiger partial charge is 0.497 e. The van der Waals surface area contributed by atoms with Gasteiger partial charge in [-0.25, -0.2) is 4.79 Å². The van der Waals surface area contributed by atoms with Gasteiger partial charge >= 0.3 is 5.97 Å². The van der Waals surface area contributed by atoms with Gasteiger partial charge < -0.3 is 24.3 Å². The SMILES string of the molecule is COc1ccc(OC)c(NC(=O)COC(=O)c2cccc(OCc3ccccc3)c2)c1. The summed E-state index contributed by atoms with van der Waals surface area (Å²) in [6, 6.07) is 21.3. The first kappa shape index (κ1) is 21.7. The minimum atomic E-state index is -0.627. The Morgan fingerprint density at radius 3 is 2.39 bits per heavy atom. The van der Waals surface area contributed by atoms with Gasteiger partial charge in [-0.15, -0.1) is 0 Å². The lowest BCUT2D eigenvalue weighted by atomic mass is 10.2. The summed E-state index contributed by atoms with van der Waals surface area (Å²) in [4.78, 5) is 24.6. The van der Waals surface area contributed by atoms with E-state index in [0.29, 0.717) is 29.5 Å². The number of benzene rings is 3. The molecular weight excluding hydrogens is 398 g/mol. The fourth-order valence-corrected chi connectivity index (χ4v) is 2.77. The molecule has 31 heavy (non-hydrogen) atoms. The minimum absolute atomic E-state index is 0.289. The van der Waals surface area contributed by atoms with Crippen molar-refractivity contribution in [3.8, 4) is 17.2 Å². The van der Waals surface area contributed by atoms with Crippen LogP contribution >= 0.6 is 0 Å². The van der Waals surface area contributed by atoms with Gasteiger partial charge in [-0.1, -0.05) is 36.4 Å². The lowest BCUT2D eigenvalue weighted by Crippen LogP contribution is -2.21. The zero-order chi connectivity index (χ0) is 22.1. The van der Waals surface area contributed by atoms with Gasteiger partial charge in [0, 0.05) is 6.07 Å². The molecule has 0 spiro atoms. The van der Waals surface area contributed by atoms with Crippen LogP contribution < -0.4 is 19.5 Å². The molecule has 0 bridgehead atoms. The van der Waals surface area contributed by atoms with Gasteiger partial charge in [0.25, 0.3) is 5.91 Å². The zero-order valence-electron chi connectivity index (χ0n) is 17.3. The van der Waals surface area contributed by atoms with E-state index in [9.17, 15) is 9.59 Å². The van der Waals surface area contributed by atoms with Gasteiger partial charge in [0.05, 0.1) is 25.5 Å². The highest BCUT2D eigenvalue weighted by atomic mass is 16.5. The molecule has 160 valence electrons. The highest BCUT2D eigenvalue weighted by molar-refractivity contribution is 5.96. The average molecular weight is 421 g/mol. The van der Waals surface area contributed by atoms with Crippen LogP contribution in [0.2, 0.25) is 0 Å². The Kier molecular flexibility index (Phi) is 7.48. The molecule has 3 rings (SSSR count). The first-order valence-electron chi connectivity index (χ1n) is 9.55. The Labute approximate surface area is 180 Å². The Hall–Kier alpha value is -4.00. The number of carbonyl (C=O) groups is 2. The number of hydrogen-bond acceptors (Lipinski definition) is 6. The molecule has 0 aliphatic heterocycles. The quantitative estimate of drug-likeness (QED) is 0.524. The molecule has 3 aromatic rings. The molecule has 1 amide bonds. The van der Waals surface area contributed by atoms with Crippen molar-refractivity contribution in [2.45, 2.75) is 6.61 Å². The molecule has 1 N–H and O–H groups in total. The smallest absolute Gasteiger partial charge is 0.338 e. The van der Waals surface area contributed by atoms with Crippen LogP contribution in [-0.2, 0) is 16.1 Å². The van der Waals surface area contributed by atoms with Gasteiger partial charge in [0.1, 0.15) is 23.9 Å². The Bertz CT molecular complexity index is 1040. The Morgan fingerprint density at radius 1 is 0.839 bits per heavy atom. The minimum Gasteiger partial charge on any atom is -0.497 e. The molecule has 7 nitrogen and oxygen atoms in total. The fraction of sp³-hybridized carbons (Fsp3) is 0.167. The van der Waals surface area contributed by atoms with E-state index >= 15 is 0 Å². The topological polar surface area (TPSA) is 83.1 Å². The van der Waals surface area contributed by atoms with Crippen molar-refractivity contribution in [1.82, 2.24) is 0 Å². The monoisotopic (exact) mass is 421 g/mol. The van der Waals surface area contributed by atoms with E-state index in [1.165, 1.54) is 14.2 Å². The molecule has 0 heterocycles. The molecule has 0 saturated carbocycles. The molecule has 0 aliphatic rings. The van der Waals surface area contributed by atoms with Gasteiger partial charge in [0.2, 0.25) is 0 Å². The first-order chi connectivity index (χ1) is 15.1. The van der Waals surface area contributed by atoms with Gasteiger partial charge in [-0.05, 0) is 35.9 Å². The first-order valence-corrected chi connectivity index (χ1v) is 9.55. The summed E-state index contributed by atoms with van der Waals surface area (Å²) < 4.78 is 21.2. The second kappa shape index (κ2) is 10.7. The molecular formula is C24H23NO6. The summed E-state index contributed by atoms with van der Waals surface area (Å²) in [6.45, 7) is -0.0710. The number of nitrogens with one attached hydrogen (secondary N) is 1. The summed E-state index contributed by atoms with van der Waals surface area (Å²) in [6.07, 6.45) is 0. The molecule has 0 unspecified atom stereocenters. The molecule has 3 aromatic carbocycles. The van der Waals surface area contributed by atoms with E-state index in [4.69, 9.17) is 18.9 Å². The summed E-state index contributed by atoms with van der Waals surface area (Å²) in [7, 11) is 3.01. The normalized spacial score (nSPS) is 10.1. The number of hydrogen-bond donors (Lipinski definition) is 1. The van der Waals surface area contributed by atoms with Crippen molar-refractivity contribution >= 4 is 17.6 Å². The maximum absolute atomic E-state index is 12.3. The van der Waals surface area contributed by atoms with Crippen LogP contribution in [0.5, 0.6) is 17.2 Å². The van der Waals surface area contributed by atoms with Gasteiger partial charge in [-0.2, -0.15) is 0 Å². The zero-order valence-corrected chi connectivity index (χ0v) is 17.3. The van der Waals surface area contributed by atoms with Crippen LogP contribution in [-0.4, -0.2) is 32.7 Å². The molecule has 0 saturated heterocycles. The van der Waals surface area contributed by atoms with E-state index in [1.807, 2.05) is 30.3 Å². The number of methoxy groups -OCH3 is 2. The number of amides is 1. The number of esters is 1. The fourth-order valence-electron chi connectivity index (χ4n) is 2.77. The molecule has 7 heteroatoms. The van der Waals surface area contributed by atoms with E-state index in [1.54, 1.807) is 42.5 Å². The second-order valence-electron chi connectivity index (χ2n) is 6.49. The third-order valence-electron chi connectivity index (χ3n) is 4.33. The molecule has 0 atom stereocenters. The summed E-state index contributed by atoms with van der Waals surface area (Å²) in [5.41, 5.74) is 1.72. The lowest BCUT2D eigenvalue weighted by Gasteiger charge is -2.12. The van der Waals surface area contributed by atoms with Crippen molar-refractivity contribution in [1.29, 1.82) is 0 Å².